The summed E-state index contributed by atoms with van der Waals surface area (Å²) >= 11 is 0. The molecule has 4 aromatic carbocycles. The van der Waals surface area contributed by atoms with E-state index in [4.69, 9.17) is 0 Å². The first-order chi connectivity index (χ1) is 18.6. The van der Waals surface area contributed by atoms with Crippen molar-refractivity contribution >= 4 is 43.9 Å². The standard InChI is InChI=1S/C32H37NO4S2Si/c1-21-12-14-26(15-13-21)39(36,37)33-19-29-28(18-25-10-8-9-11-27(25)32(29)40(5,6)7)30(20-33)38(34,35)31-23(3)16-22(2)17-24(31)4/h8-18,30H,19-20H2,1-7H3. The Bertz CT molecular complexity index is 1830. The molecule has 1 unspecified atom stereocenters. The summed E-state index contributed by atoms with van der Waals surface area (Å²) in [6, 6.07) is 20.6. The van der Waals surface area contributed by atoms with E-state index in [2.05, 4.69) is 25.7 Å². The smallest absolute Gasteiger partial charge is 0.223 e. The van der Waals surface area contributed by atoms with E-state index in [0.717, 1.165) is 38.2 Å². The molecule has 0 aliphatic carbocycles. The van der Waals surface area contributed by atoms with Crippen LogP contribution in [0.15, 0.2) is 76.5 Å². The molecular weight excluding hydrogens is 555 g/mol. The van der Waals surface area contributed by atoms with Gasteiger partial charge in [0, 0.05) is 13.1 Å². The Morgan fingerprint density at radius 3 is 1.98 bits per heavy atom. The minimum Gasteiger partial charge on any atom is -0.223 e. The van der Waals surface area contributed by atoms with Gasteiger partial charge < -0.3 is 0 Å². The lowest BCUT2D eigenvalue weighted by Crippen LogP contribution is -2.48. The van der Waals surface area contributed by atoms with Gasteiger partial charge in [-0.15, -0.1) is 0 Å². The Labute approximate surface area is 239 Å². The maximum Gasteiger partial charge on any atom is 0.243 e. The Morgan fingerprint density at radius 2 is 1.38 bits per heavy atom. The largest absolute Gasteiger partial charge is 0.243 e. The summed E-state index contributed by atoms with van der Waals surface area (Å²) in [6.07, 6.45) is 0. The van der Waals surface area contributed by atoms with Gasteiger partial charge in [-0.2, -0.15) is 4.31 Å². The molecule has 0 aromatic heterocycles. The highest BCUT2D eigenvalue weighted by Crippen LogP contribution is 2.41. The molecule has 0 amide bonds. The van der Waals surface area contributed by atoms with Gasteiger partial charge in [-0.05, 0) is 84.1 Å². The molecule has 40 heavy (non-hydrogen) atoms. The Morgan fingerprint density at radius 1 is 0.775 bits per heavy atom. The van der Waals surface area contributed by atoms with Crippen LogP contribution in [0.4, 0.5) is 0 Å². The van der Waals surface area contributed by atoms with Gasteiger partial charge in [0.05, 0.1) is 17.9 Å². The van der Waals surface area contributed by atoms with Gasteiger partial charge in [-0.25, -0.2) is 16.8 Å². The van der Waals surface area contributed by atoms with E-state index in [1.165, 1.54) is 4.31 Å². The SMILES string of the molecule is Cc1ccc(S(=O)(=O)N2Cc3c(cc4ccccc4c3[Si](C)(C)C)C(S(=O)(=O)c3c(C)cc(C)cc3C)C2)cc1. The van der Waals surface area contributed by atoms with Crippen LogP contribution in [0.25, 0.3) is 10.8 Å². The maximum absolute atomic E-state index is 14.6. The Kier molecular flexibility index (Phi) is 7.14. The first-order valence-corrected chi connectivity index (χ1v) is 20.0. The molecule has 0 spiro atoms. The second kappa shape index (κ2) is 9.94. The van der Waals surface area contributed by atoms with Crippen molar-refractivity contribution in [3.8, 4) is 0 Å². The first-order valence-electron chi connectivity index (χ1n) is 13.6. The van der Waals surface area contributed by atoms with E-state index in [1.807, 2.05) is 64.1 Å². The number of hydrogen-bond acceptors (Lipinski definition) is 4. The van der Waals surface area contributed by atoms with Crippen LogP contribution in [0.2, 0.25) is 19.6 Å². The summed E-state index contributed by atoms with van der Waals surface area (Å²) in [5.41, 5.74) is 4.89. The van der Waals surface area contributed by atoms with Crippen LogP contribution < -0.4 is 5.19 Å². The van der Waals surface area contributed by atoms with E-state index in [1.54, 1.807) is 24.3 Å². The number of benzene rings is 4. The number of sulfonamides is 1. The minimum atomic E-state index is -3.96. The molecule has 0 radical (unpaired) electrons. The van der Waals surface area contributed by atoms with E-state index in [9.17, 15) is 16.8 Å². The predicted octanol–water partition coefficient (Wildman–Crippen LogP) is 6.34. The van der Waals surface area contributed by atoms with E-state index in [0.29, 0.717) is 16.0 Å². The molecule has 1 aliphatic rings. The number of sulfone groups is 1. The minimum absolute atomic E-state index is 0.137. The number of aryl methyl sites for hydroxylation is 4. The second-order valence-electron chi connectivity index (χ2n) is 12.2. The molecule has 0 saturated carbocycles. The van der Waals surface area contributed by atoms with Crippen molar-refractivity contribution in [3.05, 3.63) is 100 Å². The summed E-state index contributed by atoms with van der Waals surface area (Å²) in [5.74, 6) is 0. The normalized spacial score (nSPS) is 16.7. The Hall–Kier alpha value is -2.78. The summed E-state index contributed by atoms with van der Waals surface area (Å²) in [6.45, 7) is 14.2. The van der Waals surface area contributed by atoms with E-state index < -0.39 is 33.2 Å². The van der Waals surface area contributed by atoms with Crippen LogP contribution >= 0.6 is 0 Å². The molecule has 0 N–H and O–H groups in total. The van der Waals surface area contributed by atoms with Crippen LogP contribution in [0.5, 0.6) is 0 Å². The molecule has 0 bridgehead atoms. The molecule has 5 nitrogen and oxygen atoms in total. The van der Waals surface area contributed by atoms with Gasteiger partial charge in [0.15, 0.2) is 9.84 Å². The third-order valence-corrected chi connectivity index (χ3v) is 14.2. The molecular formula is C32H37NO4S2Si. The van der Waals surface area contributed by atoms with Crippen molar-refractivity contribution in [3.63, 3.8) is 0 Å². The van der Waals surface area contributed by atoms with Gasteiger partial charge in [0.1, 0.15) is 5.25 Å². The third kappa shape index (κ3) is 4.85. The van der Waals surface area contributed by atoms with E-state index >= 15 is 0 Å². The quantitative estimate of drug-likeness (QED) is 0.254. The fraction of sp³-hybridized carbons (Fsp3) is 0.312. The highest BCUT2D eigenvalue weighted by Gasteiger charge is 2.43. The topological polar surface area (TPSA) is 71.5 Å². The van der Waals surface area contributed by atoms with E-state index in [-0.39, 0.29) is 18.0 Å². The molecule has 4 aromatic rings. The molecule has 1 heterocycles. The number of fused-ring (bicyclic) bond motifs is 2. The van der Waals surface area contributed by atoms with Crippen molar-refractivity contribution < 1.29 is 16.8 Å². The lowest BCUT2D eigenvalue weighted by molar-refractivity contribution is 0.382. The molecule has 0 fully saturated rings. The highest BCUT2D eigenvalue weighted by molar-refractivity contribution is 7.92. The average molecular weight is 592 g/mol. The number of hydrogen-bond donors (Lipinski definition) is 0. The monoisotopic (exact) mass is 591 g/mol. The summed E-state index contributed by atoms with van der Waals surface area (Å²) < 4.78 is 58.8. The zero-order valence-corrected chi connectivity index (χ0v) is 26.9. The lowest BCUT2D eigenvalue weighted by atomic mass is 9.95. The molecule has 8 heteroatoms. The van der Waals surface area contributed by atoms with Crippen molar-refractivity contribution in [1.82, 2.24) is 4.31 Å². The zero-order valence-electron chi connectivity index (χ0n) is 24.2. The third-order valence-electron chi connectivity index (χ3n) is 7.91. The zero-order chi connectivity index (χ0) is 29.2. The number of rotatable bonds is 5. The van der Waals surface area contributed by atoms with Crippen molar-refractivity contribution in [2.24, 2.45) is 0 Å². The van der Waals surface area contributed by atoms with Gasteiger partial charge >= 0.3 is 0 Å². The van der Waals surface area contributed by atoms with Crippen LogP contribution in [0.1, 0.15) is 38.6 Å². The van der Waals surface area contributed by atoms with Gasteiger partial charge in [-0.3, -0.25) is 0 Å². The van der Waals surface area contributed by atoms with Crippen molar-refractivity contribution in [2.75, 3.05) is 6.54 Å². The fourth-order valence-corrected chi connectivity index (χ4v) is 12.2. The Balaban J connectivity index is 1.82. The van der Waals surface area contributed by atoms with Crippen molar-refractivity contribution in [2.45, 2.75) is 68.9 Å². The summed E-state index contributed by atoms with van der Waals surface area (Å²) in [7, 11) is -9.98. The van der Waals surface area contributed by atoms with Crippen molar-refractivity contribution in [1.29, 1.82) is 0 Å². The lowest BCUT2D eigenvalue weighted by Gasteiger charge is -2.38. The first kappa shape index (κ1) is 28.7. The van der Waals surface area contributed by atoms with Crippen LogP contribution in [0.3, 0.4) is 0 Å². The molecule has 5 rings (SSSR count). The fourth-order valence-electron chi connectivity index (χ4n) is 6.32. The van der Waals surface area contributed by atoms with Crippen LogP contribution in [0, 0.1) is 27.7 Å². The summed E-state index contributed by atoms with van der Waals surface area (Å²) in [5, 5.41) is 2.16. The predicted molar refractivity (Wildman–Crippen MR) is 166 cm³/mol. The molecule has 1 aliphatic heterocycles. The van der Waals surface area contributed by atoms with Gasteiger partial charge in [-0.1, -0.05) is 79.3 Å². The van der Waals surface area contributed by atoms with Gasteiger partial charge in [0.2, 0.25) is 10.0 Å². The van der Waals surface area contributed by atoms with Gasteiger partial charge in [0.25, 0.3) is 0 Å². The molecule has 0 saturated heterocycles. The number of nitrogens with zero attached hydrogens (tertiary/aromatic N) is 1. The van der Waals surface area contributed by atoms with Crippen LogP contribution in [-0.4, -0.2) is 35.8 Å². The molecule has 1 atom stereocenters. The maximum atomic E-state index is 14.6. The average Bonchev–Trinajstić information content (AvgIpc) is 2.85. The molecule has 210 valence electrons. The second-order valence-corrected chi connectivity index (χ2v) is 21.2. The highest BCUT2D eigenvalue weighted by atomic mass is 32.2. The van der Waals surface area contributed by atoms with Crippen LogP contribution in [-0.2, 0) is 26.4 Å². The summed E-state index contributed by atoms with van der Waals surface area (Å²) in [4.78, 5) is 0.474.